The van der Waals surface area contributed by atoms with E-state index in [-0.39, 0.29) is 6.10 Å². The Morgan fingerprint density at radius 1 is 1.50 bits per heavy atom. The lowest BCUT2D eigenvalue weighted by Crippen LogP contribution is -2.15. The molecule has 4 heteroatoms. The van der Waals surface area contributed by atoms with E-state index in [2.05, 4.69) is 0 Å². The zero-order valence-electron chi connectivity index (χ0n) is 10.3. The zero-order chi connectivity index (χ0) is 12.0. The third-order valence-electron chi connectivity index (χ3n) is 2.35. The third kappa shape index (κ3) is 3.96. The van der Waals surface area contributed by atoms with Gasteiger partial charge in [0.15, 0.2) is 0 Å². The minimum Gasteiger partial charge on any atom is -0.465 e. The molecular formula is C12H21NO3. The Morgan fingerprint density at radius 3 is 2.81 bits per heavy atom. The number of aryl methyl sites for hydroxylation is 1. The summed E-state index contributed by atoms with van der Waals surface area (Å²) in [5, 5.41) is 0. The predicted molar refractivity (Wildman–Crippen MR) is 62.1 cm³/mol. The normalized spacial score (nSPS) is 13.0. The van der Waals surface area contributed by atoms with Gasteiger partial charge >= 0.3 is 0 Å². The van der Waals surface area contributed by atoms with Gasteiger partial charge in [-0.3, -0.25) is 0 Å². The van der Waals surface area contributed by atoms with Crippen molar-refractivity contribution in [3.63, 3.8) is 0 Å². The van der Waals surface area contributed by atoms with E-state index in [4.69, 9.17) is 19.6 Å². The molecule has 1 atom stereocenters. The molecule has 16 heavy (non-hydrogen) atoms. The summed E-state index contributed by atoms with van der Waals surface area (Å²) >= 11 is 0. The average molecular weight is 227 g/mol. The monoisotopic (exact) mass is 227 g/mol. The Balaban J connectivity index is 2.38. The van der Waals surface area contributed by atoms with Crippen molar-refractivity contribution in [3.05, 3.63) is 23.2 Å². The van der Waals surface area contributed by atoms with E-state index in [0.29, 0.717) is 19.8 Å². The number of hydrogen-bond donors (Lipinski definition) is 1. The maximum atomic E-state index is 5.64. The quantitative estimate of drug-likeness (QED) is 0.774. The molecule has 0 aromatic carbocycles. The van der Waals surface area contributed by atoms with Crippen LogP contribution in [0.5, 0.6) is 0 Å². The van der Waals surface area contributed by atoms with Gasteiger partial charge in [0.1, 0.15) is 11.5 Å². The van der Waals surface area contributed by atoms with Gasteiger partial charge in [0.05, 0.1) is 25.9 Å². The van der Waals surface area contributed by atoms with Gasteiger partial charge in [0.2, 0.25) is 0 Å². The zero-order valence-corrected chi connectivity index (χ0v) is 10.3. The van der Waals surface area contributed by atoms with Crippen molar-refractivity contribution in [1.29, 1.82) is 0 Å². The Hall–Kier alpha value is -0.840. The maximum Gasteiger partial charge on any atom is 0.118 e. The lowest BCUT2D eigenvalue weighted by Gasteiger charge is -2.12. The molecule has 0 amide bonds. The molecule has 0 spiro atoms. The SMILES string of the molecule is CCOCC(C)OCc1cc(CN)oc1C. The molecule has 0 aliphatic carbocycles. The highest BCUT2D eigenvalue weighted by Gasteiger charge is 2.08. The molecule has 0 bridgehead atoms. The number of hydrogen-bond acceptors (Lipinski definition) is 4. The third-order valence-corrected chi connectivity index (χ3v) is 2.35. The van der Waals surface area contributed by atoms with Gasteiger partial charge in [-0.1, -0.05) is 0 Å². The van der Waals surface area contributed by atoms with Crippen LogP contribution in [0, 0.1) is 6.92 Å². The van der Waals surface area contributed by atoms with Gasteiger partial charge in [-0.05, 0) is 26.8 Å². The van der Waals surface area contributed by atoms with E-state index in [9.17, 15) is 0 Å². The molecular weight excluding hydrogens is 206 g/mol. The van der Waals surface area contributed by atoms with Crippen LogP contribution in [0.4, 0.5) is 0 Å². The summed E-state index contributed by atoms with van der Waals surface area (Å²) in [5.74, 6) is 1.68. The summed E-state index contributed by atoms with van der Waals surface area (Å²) in [4.78, 5) is 0. The second-order valence-corrected chi connectivity index (χ2v) is 3.78. The van der Waals surface area contributed by atoms with Crippen LogP contribution in [0.2, 0.25) is 0 Å². The molecule has 1 aromatic rings. The van der Waals surface area contributed by atoms with Gasteiger partial charge in [0, 0.05) is 12.2 Å². The van der Waals surface area contributed by atoms with E-state index in [1.54, 1.807) is 0 Å². The van der Waals surface area contributed by atoms with Crippen LogP contribution in [0.3, 0.4) is 0 Å². The molecule has 0 aliphatic heterocycles. The molecule has 92 valence electrons. The fourth-order valence-corrected chi connectivity index (χ4v) is 1.40. The highest BCUT2D eigenvalue weighted by molar-refractivity contribution is 5.19. The van der Waals surface area contributed by atoms with Crippen LogP contribution in [0.25, 0.3) is 0 Å². The van der Waals surface area contributed by atoms with E-state index in [1.807, 2.05) is 26.8 Å². The van der Waals surface area contributed by atoms with Crippen molar-refractivity contribution >= 4 is 0 Å². The Morgan fingerprint density at radius 2 is 2.25 bits per heavy atom. The van der Waals surface area contributed by atoms with Crippen molar-refractivity contribution in [3.8, 4) is 0 Å². The molecule has 1 unspecified atom stereocenters. The van der Waals surface area contributed by atoms with Crippen molar-refractivity contribution < 1.29 is 13.9 Å². The topological polar surface area (TPSA) is 57.6 Å². The molecule has 1 rings (SSSR count). The Kier molecular flexibility index (Phi) is 5.52. The number of rotatable bonds is 7. The summed E-state index contributed by atoms with van der Waals surface area (Å²) in [6.07, 6.45) is 0.0931. The highest BCUT2D eigenvalue weighted by Crippen LogP contribution is 2.15. The second-order valence-electron chi connectivity index (χ2n) is 3.78. The summed E-state index contributed by atoms with van der Waals surface area (Å²) in [6.45, 7) is 8.20. The molecule has 0 fully saturated rings. The Labute approximate surface area is 96.7 Å². The minimum atomic E-state index is 0.0931. The minimum absolute atomic E-state index is 0.0931. The molecule has 0 saturated heterocycles. The van der Waals surface area contributed by atoms with Crippen LogP contribution < -0.4 is 5.73 Å². The predicted octanol–water partition coefficient (Wildman–Crippen LogP) is 1.99. The van der Waals surface area contributed by atoms with Crippen molar-refractivity contribution in [2.75, 3.05) is 13.2 Å². The molecule has 0 radical (unpaired) electrons. The molecule has 1 heterocycles. The summed E-state index contributed by atoms with van der Waals surface area (Å²) in [5.41, 5.74) is 6.56. The lowest BCUT2D eigenvalue weighted by atomic mass is 10.2. The van der Waals surface area contributed by atoms with Crippen LogP contribution >= 0.6 is 0 Å². The second kappa shape index (κ2) is 6.68. The first-order chi connectivity index (χ1) is 7.67. The standard InChI is InChI=1S/C12H21NO3/c1-4-14-7-9(2)15-8-11-5-12(6-13)16-10(11)3/h5,9H,4,6-8,13H2,1-3H3. The first-order valence-electron chi connectivity index (χ1n) is 5.65. The van der Waals surface area contributed by atoms with Gasteiger partial charge in [-0.15, -0.1) is 0 Å². The van der Waals surface area contributed by atoms with E-state index < -0.39 is 0 Å². The van der Waals surface area contributed by atoms with Gasteiger partial charge in [0.25, 0.3) is 0 Å². The smallest absolute Gasteiger partial charge is 0.118 e. The highest BCUT2D eigenvalue weighted by atomic mass is 16.5. The largest absolute Gasteiger partial charge is 0.465 e. The molecule has 4 nitrogen and oxygen atoms in total. The van der Waals surface area contributed by atoms with E-state index >= 15 is 0 Å². The molecule has 0 aliphatic rings. The van der Waals surface area contributed by atoms with Crippen LogP contribution in [-0.4, -0.2) is 19.3 Å². The van der Waals surface area contributed by atoms with Crippen LogP contribution in [0.1, 0.15) is 30.9 Å². The van der Waals surface area contributed by atoms with E-state index in [0.717, 1.165) is 23.7 Å². The lowest BCUT2D eigenvalue weighted by molar-refractivity contribution is -0.0120. The van der Waals surface area contributed by atoms with Crippen LogP contribution in [0.15, 0.2) is 10.5 Å². The van der Waals surface area contributed by atoms with Crippen molar-refractivity contribution in [1.82, 2.24) is 0 Å². The number of ether oxygens (including phenoxy) is 2. The fourth-order valence-electron chi connectivity index (χ4n) is 1.40. The molecule has 0 saturated carbocycles. The fraction of sp³-hybridized carbons (Fsp3) is 0.667. The summed E-state index contributed by atoms with van der Waals surface area (Å²) < 4.78 is 16.4. The molecule has 2 N–H and O–H groups in total. The number of nitrogens with two attached hydrogens (primary N) is 1. The van der Waals surface area contributed by atoms with Crippen LogP contribution in [-0.2, 0) is 22.6 Å². The van der Waals surface area contributed by atoms with Gasteiger partial charge in [-0.2, -0.15) is 0 Å². The van der Waals surface area contributed by atoms with Crippen molar-refractivity contribution in [2.45, 2.75) is 40.0 Å². The van der Waals surface area contributed by atoms with Crippen molar-refractivity contribution in [2.24, 2.45) is 5.73 Å². The first kappa shape index (κ1) is 13.2. The average Bonchev–Trinajstić information content (AvgIpc) is 2.64. The summed E-state index contributed by atoms with van der Waals surface area (Å²) in [6, 6.07) is 1.95. The Bertz CT molecular complexity index is 309. The summed E-state index contributed by atoms with van der Waals surface area (Å²) in [7, 11) is 0. The number of furan rings is 1. The maximum absolute atomic E-state index is 5.64. The first-order valence-corrected chi connectivity index (χ1v) is 5.65. The van der Waals surface area contributed by atoms with Gasteiger partial charge < -0.3 is 19.6 Å². The van der Waals surface area contributed by atoms with E-state index in [1.165, 1.54) is 0 Å². The van der Waals surface area contributed by atoms with Gasteiger partial charge in [-0.25, -0.2) is 0 Å². The molecule has 1 aromatic heterocycles.